The third-order valence-electron chi connectivity index (χ3n) is 2.61. The number of carbonyl (C=O) groups excluding carboxylic acids is 1. The van der Waals surface area contributed by atoms with E-state index in [4.69, 9.17) is 0 Å². The standard InChI is InChI=1S/C11H21N3OS/c1-5-9-6-7-16-11(13-9)12-8(2)10(15)14(3)4/h8-9H,5-7H2,1-4H3,(H,12,13). The molecule has 0 radical (unpaired) electrons. The van der Waals surface area contributed by atoms with Gasteiger partial charge >= 0.3 is 0 Å². The number of likely N-dealkylation sites (N-methyl/N-ethyl adjacent to an activating group) is 1. The summed E-state index contributed by atoms with van der Waals surface area (Å²) >= 11 is 1.71. The second-order valence-electron chi connectivity index (χ2n) is 4.23. The van der Waals surface area contributed by atoms with Gasteiger partial charge in [-0.2, -0.15) is 0 Å². The van der Waals surface area contributed by atoms with Gasteiger partial charge < -0.3 is 10.2 Å². The number of hydrogen-bond donors (Lipinski definition) is 1. The lowest BCUT2D eigenvalue weighted by atomic mass is 10.2. The molecule has 0 aromatic heterocycles. The molecule has 0 aromatic rings. The molecule has 0 aliphatic carbocycles. The van der Waals surface area contributed by atoms with E-state index in [9.17, 15) is 4.79 Å². The highest BCUT2D eigenvalue weighted by molar-refractivity contribution is 8.13. The van der Waals surface area contributed by atoms with E-state index >= 15 is 0 Å². The van der Waals surface area contributed by atoms with Crippen molar-refractivity contribution >= 4 is 22.8 Å². The molecule has 16 heavy (non-hydrogen) atoms. The minimum Gasteiger partial charge on any atom is -0.353 e. The molecule has 1 heterocycles. The van der Waals surface area contributed by atoms with Crippen LogP contribution in [-0.2, 0) is 4.79 Å². The van der Waals surface area contributed by atoms with Crippen LogP contribution in [0.25, 0.3) is 0 Å². The number of hydrogen-bond acceptors (Lipinski definition) is 4. The summed E-state index contributed by atoms with van der Waals surface area (Å²) in [6.07, 6.45) is 2.21. The van der Waals surface area contributed by atoms with Crippen molar-refractivity contribution < 1.29 is 4.79 Å². The van der Waals surface area contributed by atoms with Crippen molar-refractivity contribution in [2.24, 2.45) is 4.99 Å². The zero-order valence-electron chi connectivity index (χ0n) is 10.5. The maximum atomic E-state index is 11.7. The summed E-state index contributed by atoms with van der Waals surface area (Å²) in [5, 5.41) is 4.10. The van der Waals surface area contributed by atoms with Crippen LogP contribution in [-0.4, -0.2) is 47.9 Å². The highest BCUT2D eigenvalue weighted by Gasteiger charge is 2.19. The quantitative estimate of drug-likeness (QED) is 0.813. The lowest BCUT2D eigenvalue weighted by Crippen LogP contribution is -2.44. The number of amidine groups is 1. The maximum Gasteiger partial charge on any atom is 0.244 e. The summed E-state index contributed by atoms with van der Waals surface area (Å²) in [6, 6.07) is 0.224. The molecule has 1 N–H and O–H groups in total. The van der Waals surface area contributed by atoms with Crippen LogP contribution in [0.2, 0.25) is 0 Å². The van der Waals surface area contributed by atoms with Gasteiger partial charge in [0.05, 0.1) is 6.04 Å². The van der Waals surface area contributed by atoms with Gasteiger partial charge in [-0.1, -0.05) is 18.7 Å². The second-order valence-corrected chi connectivity index (χ2v) is 5.32. The molecule has 0 bridgehead atoms. The van der Waals surface area contributed by atoms with Gasteiger partial charge in [0.15, 0.2) is 5.17 Å². The van der Waals surface area contributed by atoms with E-state index in [-0.39, 0.29) is 11.9 Å². The topological polar surface area (TPSA) is 44.7 Å². The Balaban J connectivity index is 2.53. The van der Waals surface area contributed by atoms with Crippen molar-refractivity contribution in [2.45, 2.75) is 38.8 Å². The summed E-state index contributed by atoms with van der Waals surface area (Å²) in [5.41, 5.74) is 0. The van der Waals surface area contributed by atoms with Crippen LogP contribution in [0.4, 0.5) is 0 Å². The molecule has 1 amide bonds. The first kappa shape index (κ1) is 13.4. The molecule has 5 heteroatoms. The predicted octanol–water partition coefficient (Wildman–Crippen LogP) is 1.32. The van der Waals surface area contributed by atoms with Gasteiger partial charge in [-0.05, 0) is 19.8 Å². The molecule has 4 nitrogen and oxygen atoms in total. The molecule has 1 rings (SSSR count). The van der Waals surface area contributed by atoms with E-state index in [1.165, 1.54) is 0 Å². The molecule has 92 valence electrons. The van der Waals surface area contributed by atoms with Crippen LogP contribution in [0.3, 0.4) is 0 Å². The van der Waals surface area contributed by atoms with E-state index in [1.54, 1.807) is 30.8 Å². The van der Waals surface area contributed by atoms with E-state index in [2.05, 4.69) is 17.2 Å². The van der Waals surface area contributed by atoms with Gasteiger partial charge in [-0.15, -0.1) is 0 Å². The fraction of sp³-hybridized carbons (Fsp3) is 0.818. The van der Waals surface area contributed by atoms with Crippen LogP contribution in [0, 0.1) is 0 Å². The van der Waals surface area contributed by atoms with Crippen molar-refractivity contribution in [3.63, 3.8) is 0 Å². The molecule has 0 saturated carbocycles. The summed E-state index contributed by atoms with van der Waals surface area (Å²) in [7, 11) is 3.54. The van der Waals surface area contributed by atoms with Gasteiger partial charge in [0, 0.05) is 19.8 Å². The number of aliphatic imine (C=N–C) groups is 1. The molecule has 2 atom stereocenters. The van der Waals surface area contributed by atoms with E-state index in [0.29, 0.717) is 6.04 Å². The fourth-order valence-corrected chi connectivity index (χ4v) is 2.63. The number of nitrogens with zero attached hydrogens (tertiary/aromatic N) is 2. The van der Waals surface area contributed by atoms with Crippen LogP contribution in [0.1, 0.15) is 26.7 Å². The minimum atomic E-state index is -0.197. The Morgan fingerprint density at radius 2 is 2.38 bits per heavy atom. The number of amides is 1. The van der Waals surface area contributed by atoms with Crippen molar-refractivity contribution in [1.29, 1.82) is 0 Å². The average molecular weight is 243 g/mol. The number of nitrogens with one attached hydrogen (secondary N) is 1. The molecular formula is C11H21N3OS. The lowest BCUT2D eigenvalue weighted by Gasteiger charge is -2.23. The zero-order chi connectivity index (χ0) is 12.1. The normalized spacial score (nSPS) is 22.2. The molecule has 1 aliphatic heterocycles. The van der Waals surface area contributed by atoms with Crippen LogP contribution >= 0.6 is 11.8 Å². The Bertz CT molecular complexity index is 278. The monoisotopic (exact) mass is 243 g/mol. The van der Waals surface area contributed by atoms with Crippen LogP contribution in [0.5, 0.6) is 0 Å². The summed E-state index contributed by atoms with van der Waals surface area (Å²) in [4.78, 5) is 17.8. The highest BCUT2D eigenvalue weighted by atomic mass is 32.2. The van der Waals surface area contributed by atoms with Gasteiger partial charge in [0.1, 0.15) is 6.04 Å². The Morgan fingerprint density at radius 3 is 2.94 bits per heavy atom. The molecule has 0 aromatic carbocycles. The fourth-order valence-electron chi connectivity index (χ4n) is 1.57. The molecular weight excluding hydrogens is 222 g/mol. The van der Waals surface area contributed by atoms with E-state index < -0.39 is 0 Å². The number of carbonyl (C=O) groups is 1. The predicted molar refractivity (Wildman–Crippen MR) is 69.9 cm³/mol. The minimum absolute atomic E-state index is 0.0851. The van der Waals surface area contributed by atoms with Crippen LogP contribution in [0.15, 0.2) is 4.99 Å². The molecule has 2 unspecified atom stereocenters. The Labute approximate surface area is 102 Å². The average Bonchev–Trinajstić information content (AvgIpc) is 2.28. The highest BCUT2D eigenvalue weighted by Crippen LogP contribution is 2.18. The Morgan fingerprint density at radius 1 is 1.69 bits per heavy atom. The first-order valence-electron chi connectivity index (χ1n) is 5.73. The third-order valence-corrected chi connectivity index (χ3v) is 3.55. The molecule has 0 saturated heterocycles. The summed E-state index contributed by atoms with van der Waals surface area (Å²) in [6.45, 7) is 4.02. The van der Waals surface area contributed by atoms with Gasteiger partial charge in [0.2, 0.25) is 5.91 Å². The van der Waals surface area contributed by atoms with E-state index in [0.717, 1.165) is 23.8 Å². The number of thioether (sulfide) groups is 1. The van der Waals surface area contributed by atoms with Crippen molar-refractivity contribution in [1.82, 2.24) is 10.2 Å². The Hall–Kier alpha value is -0.710. The largest absolute Gasteiger partial charge is 0.353 e. The summed E-state index contributed by atoms with van der Waals surface area (Å²) < 4.78 is 0. The van der Waals surface area contributed by atoms with Gasteiger partial charge in [-0.25, -0.2) is 0 Å². The Kier molecular flexibility index (Phi) is 5.12. The summed E-state index contributed by atoms with van der Waals surface area (Å²) in [5.74, 6) is 1.18. The number of rotatable bonds is 3. The smallest absolute Gasteiger partial charge is 0.244 e. The van der Waals surface area contributed by atoms with Crippen molar-refractivity contribution in [3.8, 4) is 0 Å². The van der Waals surface area contributed by atoms with Gasteiger partial charge in [-0.3, -0.25) is 9.79 Å². The zero-order valence-corrected chi connectivity index (χ0v) is 11.3. The van der Waals surface area contributed by atoms with E-state index in [1.807, 2.05) is 6.92 Å². The van der Waals surface area contributed by atoms with Crippen molar-refractivity contribution in [2.75, 3.05) is 19.8 Å². The lowest BCUT2D eigenvalue weighted by molar-refractivity contribution is -0.130. The molecule has 0 fully saturated rings. The first-order valence-corrected chi connectivity index (χ1v) is 6.71. The maximum absolute atomic E-state index is 11.7. The third kappa shape index (κ3) is 3.70. The second kappa shape index (κ2) is 6.13. The molecule has 1 aliphatic rings. The molecule has 0 spiro atoms. The first-order chi connectivity index (χ1) is 7.54. The SMILES string of the molecule is CCC1CCSC(NC(C)C(=O)N(C)C)=N1. The van der Waals surface area contributed by atoms with Crippen molar-refractivity contribution in [3.05, 3.63) is 0 Å². The van der Waals surface area contributed by atoms with Gasteiger partial charge in [0.25, 0.3) is 0 Å². The van der Waals surface area contributed by atoms with Crippen LogP contribution < -0.4 is 5.32 Å².